The van der Waals surface area contributed by atoms with Crippen LogP contribution in [0.1, 0.15) is 17.2 Å². The Morgan fingerprint density at radius 3 is 2.88 bits per heavy atom. The van der Waals surface area contributed by atoms with Crippen molar-refractivity contribution < 1.29 is 9.84 Å². The van der Waals surface area contributed by atoms with Gasteiger partial charge in [-0.1, -0.05) is 52.0 Å². The first-order valence-corrected chi connectivity index (χ1v) is 9.69. The zero-order chi connectivity index (χ0) is 17.4. The van der Waals surface area contributed by atoms with Crippen molar-refractivity contribution in [1.82, 2.24) is 15.2 Å². The van der Waals surface area contributed by atoms with Crippen LogP contribution in [0, 0.1) is 0 Å². The fourth-order valence-electron chi connectivity index (χ4n) is 2.90. The molecule has 1 aliphatic rings. The molecule has 0 spiro atoms. The first-order chi connectivity index (χ1) is 12.2. The zero-order valence-corrected chi connectivity index (χ0v) is 15.7. The zero-order valence-electron chi connectivity index (χ0n) is 13.3. The summed E-state index contributed by atoms with van der Waals surface area (Å²) in [5, 5.41) is 19.3. The van der Waals surface area contributed by atoms with Crippen LogP contribution < -0.4 is 4.74 Å². The van der Waals surface area contributed by atoms with Crippen LogP contribution in [0.2, 0.25) is 0 Å². The van der Waals surface area contributed by atoms with E-state index in [0.717, 1.165) is 15.6 Å². The molecule has 0 fully saturated rings. The first-order valence-electron chi connectivity index (χ1n) is 7.68. The van der Waals surface area contributed by atoms with Gasteiger partial charge in [0.25, 0.3) is 0 Å². The van der Waals surface area contributed by atoms with Crippen LogP contribution in [0.3, 0.4) is 0 Å². The molecule has 126 valence electrons. The summed E-state index contributed by atoms with van der Waals surface area (Å²) in [6, 6.07) is 13.3. The van der Waals surface area contributed by atoms with E-state index in [1.807, 2.05) is 36.6 Å². The summed E-state index contributed by atoms with van der Waals surface area (Å²) in [7, 11) is 0. The maximum Gasteiger partial charge on any atom is 0.245 e. The van der Waals surface area contributed by atoms with Crippen molar-refractivity contribution in [3.05, 3.63) is 58.1 Å². The van der Waals surface area contributed by atoms with Gasteiger partial charge in [0.05, 0.1) is 0 Å². The molecule has 0 saturated heterocycles. The van der Waals surface area contributed by atoms with Gasteiger partial charge in [-0.3, -0.25) is 0 Å². The maximum atomic E-state index is 10.3. The van der Waals surface area contributed by atoms with Crippen molar-refractivity contribution in [1.29, 1.82) is 0 Å². The second kappa shape index (κ2) is 6.65. The summed E-state index contributed by atoms with van der Waals surface area (Å²) >= 11 is 4.87. The second-order valence-corrected chi connectivity index (χ2v) is 7.31. The van der Waals surface area contributed by atoms with Crippen molar-refractivity contribution in [2.75, 3.05) is 6.26 Å². The highest BCUT2D eigenvalue weighted by atomic mass is 79.9. The highest BCUT2D eigenvalue weighted by Gasteiger charge is 2.28. The van der Waals surface area contributed by atoms with E-state index in [1.165, 1.54) is 11.8 Å². The quantitative estimate of drug-likeness (QED) is 0.625. The Morgan fingerprint density at radius 1 is 1.20 bits per heavy atom. The molecular formula is C18H14BrN3O2S. The number of ether oxygens (including phenoxy) is 1. The first kappa shape index (κ1) is 16.4. The summed E-state index contributed by atoms with van der Waals surface area (Å²) in [5.74, 6) is 0.634. The lowest BCUT2D eigenvalue weighted by molar-refractivity contribution is 0.194. The van der Waals surface area contributed by atoms with Crippen molar-refractivity contribution in [2.24, 2.45) is 0 Å². The minimum absolute atomic E-state index is 0.196. The average Bonchev–Trinajstić information content (AvgIpc) is 2.79. The summed E-state index contributed by atoms with van der Waals surface area (Å²) in [5.41, 5.74) is 3.38. The highest BCUT2D eigenvalue weighted by Crippen LogP contribution is 2.40. The van der Waals surface area contributed by atoms with E-state index < -0.39 is 0 Å². The Labute approximate surface area is 157 Å². The van der Waals surface area contributed by atoms with Crippen LogP contribution in [0.4, 0.5) is 0 Å². The lowest BCUT2D eigenvalue weighted by Crippen LogP contribution is -2.11. The molecule has 0 saturated carbocycles. The van der Waals surface area contributed by atoms with E-state index in [4.69, 9.17) is 4.74 Å². The smallest absolute Gasteiger partial charge is 0.245 e. The lowest BCUT2D eigenvalue weighted by atomic mass is 9.97. The van der Waals surface area contributed by atoms with Gasteiger partial charge in [-0.15, -0.1) is 10.2 Å². The van der Waals surface area contributed by atoms with E-state index in [9.17, 15) is 5.11 Å². The number of aromatic hydroxyl groups is 1. The van der Waals surface area contributed by atoms with E-state index in [0.29, 0.717) is 28.7 Å². The molecule has 0 amide bonds. The number of halogens is 1. The van der Waals surface area contributed by atoms with Gasteiger partial charge in [-0.2, -0.15) is 4.98 Å². The van der Waals surface area contributed by atoms with Crippen molar-refractivity contribution in [3.8, 4) is 22.9 Å². The second-order valence-electron chi connectivity index (χ2n) is 5.62. The SMILES string of the molecule is CSc1nnc2c(n1)OC(c1cc(Br)ccc1O)Cc1ccccc1-2. The number of nitrogens with zero attached hydrogens (tertiary/aromatic N) is 3. The third kappa shape index (κ3) is 3.09. The molecule has 5 nitrogen and oxygen atoms in total. The summed E-state index contributed by atoms with van der Waals surface area (Å²) in [4.78, 5) is 4.49. The predicted octanol–water partition coefficient (Wildman–Crippen LogP) is 4.40. The standard InChI is InChI=1S/C18H14BrN3O2S/c1-25-18-20-17-16(21-22-18)12-5-3-2-4-10(12)8-15(24-17)13-9-11(19)6-7-14(13)23/h2-7,9,15,23H,8H2,1H3. The largest absolute Gasteiger partial charge is 0.508 e. The van der Waals surface area contributed by atoms with Gasteiger partial charge in [0.1, 0.15) is 11.9 Å². The molecule has 1 aromatic heterocycles. The summed E-state index contributed by atoms with van der Waals surface area (Å²) in [6.07, 6.45) is 2.13. The molecule has 2 heterocycles. The third-order valence-electron chi connectivity index (χ3n) is 4.09. The number of aromatic nitrogens is 3. The Bertz CT molecular complexity index is 951. The van der Waals surface area contributed by atoms with Crippen LogP contribution in [0.5, 0.6) is 11.6 Å². The molecule has 4 rings (SSSR count). The third-order valence-corrected chi connectivity index (χ3v) is 5.12. The maximum absolute atomic E-state index is 10.3. The number of rotatable bonds is 2. The predicted molar refractivity (Wildman–Crippen MR) is 99.9 cm³/mol. The molecule has 1 unspecified atom stereocenters. The van der Waals surface area contributed by atoms with Gasteiger partial charge in [-0.05, 0) is 30.0 Å². The molecular weight excluding hydrogens is 402 g/mol. The number of thioether (sulfide) groups is 1. The monoisotopic (exact) mass is 415 g/mol. The summed E-state index contributed by atoms with van der Waals surface area (Å²) < 4.78 is 7.08. The minimum Gasteiger partial charge on any atom is -0.508 e. The number of hydrogen-bond acceptors (Lipinski definition) is 6. The van der Waals surface area contributed by atoms with Crippen LogP contribution in [0.25, 0.3) is 11.3 Å². The fraction of sp³-hybridized carbons (Fsp3) is 0.167. The molecule has 3 aromatic rings. The van der Waals surface area contributed by atoms with Crippen molar-refractivity contribution in [2.45, 2.75) is 17.7 Å². The van der Waals surface area contributed by atoms with Crippen LogP contribution >= 0.6 is 27.7 Å². The Balaban J connectivity index is 1.89. The van der Waals surface area contributed by atoms with Gasteiger partial charge in [0.2, 0.25) is 11.0 Å². The molecule has 0 bridgehead atoms. The fourth-order valence-corrected chi connectivity index (χ4v) is 3.57. The molecule has 2 aromatic carbocycles. The molecule has 1 aliphatic heterocycles. The molecule has 1 atom stereocenters. The van der Waals surface area contributed by atoms with Gasteiger partial charge in [0, 0.05) is 22.0 Å². The van der Waals surface area contributed by atoms with E-state index in [-0.39, 0.29) is 11.9 Å². The Morgan fingerprint density at radius 2 is 2.04 bits per heavy atom. The number of phenols is 1. The van der Waals surface area contributed by atoms with E-state index in [1.54, 1.807) is 12.1 Å². The molecule has 25 heavy (non-hydrogen) atoms. The van der Waals surface area contributed by atoms with Crippen molar-refractivity contribution in [3.63, 3.8) is 0 Å². The van der Waals surface area contributed by atoms with Gasteiger partial charge in [0.15, 0.2) is 5.69 Å². The van der Waals surface area contributed by atoms with E-state index in [2.05, 4.69) is 31.1 Å². The minimum atomic E-state index is -0.369. The van der Waals surface area contributed by atoms with Gasteiger partial charge < -0.3 is 9.84 Å². The normalized spacial score (nSPS) is 15.7. The lowest BCUT2D eigenvalue weighted by Gasteiger charge is -2.18. The van der Waals surface area contributed by atoms with Gasteiger partial charge >= 0.3 is 0 Å². The summed E-state index contributed by atoms with van der Waals surface area (Å²) in [6.45, 7) is 0. The molecule has 1 N–H and O–H groups in total. The topological polar surface area (TPSA) is 68.1 Å². The number of benzene rings is 2. The number of hydrogen-bond donors (Lipinski definition) is 1. The molecule has 0 radical (unpaired) electrons. The van der Waals surface area contributed by atoms with Crippen LogP contribution in [-0.4, -0.2) is 26.5 Å². The van der Waals surface area contributed by atoms with Crippen LogP contribution in [0.15, 0.2) is 52.1 Å². The van der Waals surface area contributed by atoms with Crippen LogP contribution in [-0.2, 0) is 6.42 Å². The highest BCUT2D eigenvalue weighted by molar-refractivity contribution is 9.10. The molecule has 7 heteroatoms. The number of phenolic OH excluding ortho intramolecular Hbond substituents is 1. The molecule has 0 aliphatic carbocycles. The van der Waals surface area contributed by atoms with Crippen molar-refractivity contribution >= 4 is 27.7 Å². The van der Waals surface area contributed by atoms with Gasteiger partial charge in [-0.25, -0.2) is 0 Å². The van der Waals surface area contributed by atoms with E-state index >= 15 is 0 Å². The average molecular weight is 416 g/mol. The number of fused-ring (bicyclic) bond motifs is 3. The Kier molecular flexibility index (Phi) is 4.35. The Hall–Kier alpha value is -2.12.